The quantitative estimate of drug-likeness (QED) is 0.842. The molecule has 2 atom stereocenters. The molecule has 2 aromatic heterocycles. The molecule has 1 aliphatic carbocycles. The highest BCUT2D eigenvalue weighted by molar-refractivity contribution is 5.78. The number of pyridine rings is 2. The van der Waals surface area contributed by atoms with Crippen molar-refractivity contribution in [3.8, 4) is 5.88 Å². The van der Waals surface area contributed by atoms with Crippen LogP contribution < -0.4 is 4.74 Å². The first-order valence-corrected chi connectivity index (χ1v) is 8.97. The number of aromatic nitrogens is 2. The van der Waals surface area contributed by atoms with E-state index in [1.165, 1.54) is 12.8 Å². The van der Waals surface area contributed by atoms with Crippen LogP contribution in [0.3, 0.4) is 0 Å². The van der Waals surface area contributed by atoms with Crippen molar-refractivity contribution in [1.82, 2.24) is 14.9 Å². The van der Waals surface area contributed by atoms with Crippen molar-refractivity contribution in [3.63, 3.8) is 0 Å². The van der Waals surface area contributed by atoms with Gasteiger partial charge in [0.2, 0.25) is 11.8 Å². The zero-order valence-electron chi connectivity index (χ0n) is 14.3. The summed E-state index contributed by atoms with van der Waals surface area (Å²) < 4.78 is 5.98. The number of likely N-dealkylation sites (tertiary alicyclic amines) is 1. The van der Waals surface area contributed by atoms with Gasteiger partial charge in [0.1, 0.15) is 0 Å². The van der Waals surface area contributed by atoms with Gasteiger partial charge < -0.3 is 9.64 Å². The van der Waals surface area contributed by atoms with Gasteiger partial charge in [0.15, 0.2) is 0 Å². The number of hydrogen-bond donors (Lipinski definition) is 0. The number of hydrogen-bond acceptors (Lipinski definition) is 4. The smallest absolute Gasteiger partial charge is 0.228 e. The molecule has 5 heteroatoms. The maximum atomic E-state index is 12.7. The van der Waals surface area contributed by atoms with Gasteiger partial charge in [-0.05, 0) is 37.0 Å². The Hall–Kier alpha value is -2.43. The molecule has 130 valence electrons. The van der Waals surface area contributed by atoms with Gasteiger partial charge in [-0.3, -0.25) is 9.78 Å². The molecule has 1 amide bonds. The number of carbonyl (C=O) groups excluding carboxylic acids is 1. The van der Waals surface area contributed by atoms with Gasteiger partial charge >= 0.3 is 0 Å². The molecule has 0 aromatic carbocycles. The average molecular weight is 337 g/mol. The Balaban J connectivity index is 1.41. The molecular formula is C20H23N3O2. The van der Waals surface area contributed by atoms with E-state index < -0.39 is 0 Å². The van der Waals surface area contributed by atoms with Crippen LogP contribution in [0, 0.1) is 11.3 Å². The Labute approximate surface area is 148 Å². The lowest BCUT2D eigenvalue weighted by molar-refractivity contribution is -0.130. The first-order chi connectivity index (χ1) is 12.3. The fourth-order valence-electron chi connectivity index (χ4n) is 4.26. The minimum absolute atomic E-state index is 0.0807. The fourth-order valence-corrected chi connectivity index (χ4v) is 4.26. The van der Waals surface area contributed by atoms with Gasteiger partial charge in [-0.15, -0.1) is 0 Å². The van der Waals surface area contributed by atoms with Crippen molar-refractivity contribution < 1.29 is 9.53 Å². The predicted octanol–water partition coefficient (Wildman–Crippen LogP) is 2.73. The number of carbonyl (C=O) groups is 1. The van der Waals surface area contributed by atoms with E-state index in [-0.39, 0.29) is 11.3 Å². The van der Waals surface area contributed by atoms with E-state index in [0.717, 1.165) is 25.2 Å². The summed E-state index contributed by atoms with van der Waals surface area (Å²) in [5.41, 5.74) is 0.917. The summed E-state index contributed by atoms with van der Waals surface area (Å²) in [6.07, 6.45) is 7.39. The Kier molecular flexibility index (Phi) is 4.38. The second-order valence-electron chi connectivity index (χ2n) is 7.18. The maximum absolute atomic E-state index is 12.7. The van der Waals surface area contributed by atoms with Crippen molar-refractivity contribution in [2.75, 3.05) is 19.7 Å². The zero-order chi connectivity index (χ0) is 17.1. The van der Waals surface area contributed by atoms with Crippen molar-refractivity contribution in [2.24, 2.45) is 11.3 Å². The lowest BCUT2D eigenvalue weighted by atomic mass is 9.81. The number of nitrogens with zero attached hydrogens (tertiary/aromatic N) is 3. The fraction of sp³-hybridized carbons (Fsp3) is 0.450. The minimum Gasteiger partial charge on any atom is -0.477 e. The number of ether oxygens (including phenoxy) is 1. The summed E-state index contributed by atoms with van der Waals surface area (Å²) in [4.78, 5) is 23.2. The summed E-state index contributed by atoms with van der Waals surface area (Å²) in [6, 6.07) is 11.4. The highest BCUT2D eigenvalue weighted by Gasteiger charge is 2.51. The topological polar surface area (TPSA) is 55.3 Å². The standard InChI is InChI=1S/C20H23N3O2/c24-19(12-17-7-1-3-10-21-17)23-13-16-6-5-9-20(16,14-23)15-25-18-8-2-4-11-22-18/h1-4,7-8,10-11,16H,5-6,9,12-15H2/t16-,20+/m1/s1. The first-order valence-electron chi connectivity index (χ1n) is 8.97. The van der Waals surface area contributed by atoms with Gasteiger partial charge in [0.05, 0.1) is 13.0 Å². The van der Waals surface area contributed by atoms with E-state index in [4.69, 9.17) is 4.74 Å². The van der Waals surface area contributed by atoms with Gasteiger partial charge in [-0.2, -0.15) is 0 Å². The van der Waals surface area contributed by atoms with Crippen LogP contribution in [0.2, 0.25) is 0 Å². The molecule has 4 rings (SSSR count). The molecule has 0 bridgehead atoms. The molecule has 1 aliphatic heterocycles. The Morgan fingerprint density at radius 3 is 2.80 bits per heavy atom. The third-order valence-corrected chi connectivity index (χ3v) is 5.60. The lowest BCUT2D eigenvalue weighted by Crippen LogP contribution is -2.36. The Morgan fingerprint density at radius 2 is 2.04 bits per heavy atom. The van der Waals surface area contributed by atoms with Crippen LogP contribution in [-0.2, 0) is 11.2 Å². The van der Waals surface area contributed by atoms with Crippen molar-refractivity contribution in [1.29, 1.82) is 0 Å². The Bertz CT molecular complexity index is 722. The molecule has 2 aromatic rings. The second-order valence-corrected chi connectivity index (χ2v) is 7.18. The summed E-state index contributed by atoms with van der Waals surface area (Å²) in [7, 11) is 0. The molecule has 0 spiro atoms. The molecule has 0 unspecified atom stereocenters. The van der Waals surface area contributed by atoms with Crippen molar-refractivity contribution in [3.05, 3.63) is 54.5 Å². The van der Waals surface area contributed by atoms with Gasteiger partial charge in [0, 0.05) is 42.7 Å². The van der Waals surface area contributed by atoms with Crippen molar-refractivity contribution >= 4 is 5.91 Å². The molecule has 2 fully saturated rings. The van der Waals surface area contributed by atoms with Gasteiger partial charge in [0.25, 0.3) is 0 Å². The molecule has 1 saturated heterocycles. The summed E-state index contributed by atoms with van der Waals surface area (Å²) >= 11 is 0. The van der Waals surface area contributed by atoms with E-state index in [9.17, 15) is 4.79 Å². The van der Waals surface area contributed by atoms with Crippen LogP contribution in [0.15, 0.2) is 48.8 Å². The molecular weight excluding hydrogens is 314 g/mol. The number of rotatable bonds is 5. The number of fused-ring (bicyclic) bond motifs is 1. The molecule has 25 heavy (non-hydrogen) atoms. The van der Waals surface area contributed by atoms with Crippen LogP contribution in [-0.4, -0.2) is 40.5 Å². The van der Waals surface area contributed by atoms with Crippen molar-refractivity contribution in [2.45, 2.75) is 25.7 Å². The molecule has 0 radical (unpaired) electrons. The third-order valence-electron chi connectivity index (χ3n) is 5.60. The second kappa shape index (κ2) is 6.82. The summed E-state index contributed by atoms with van der Waals surface area (Å²) in [6.45, 7) is 2.27. The van der Waals surface area contributed by atoms with Crippen LogP contribution in [0.1, 0.15) is 25.0 Å². The van der Waals surface area contributed by atoms with E-state index in [0.29, 0.717) is 24.8 Å². The summed E-state index contributed by atoms with van der Waals surface area (Å²) in [5.74, 6) is 1.37. The normalized spacial score (nSPS) is 25.0. The van der Waals surface area contributed by atoms with E-state index in [1.807, 2.05) is 41.3 Å². The van der Waals surface area contributed by atoms with Crippen LogP contribution in [0.4, 0.5) is 0 Å². The maximum Gasteiger partial charge on any atom is 0.228 e. The summed E-state index contributed by atoms with van der Waals surface area (Å²) in [5, 5.41) is 0. The predicted molar refractivity (Wildman–Crippen MR) is 94.0 cm³/mol. The highest BCUT2D eigenvalue weighted by atomic mass is 16.5. The van der Waals surface area contributed by atoms with Crippen LogP contribution in [0.25, 0.3) is 0 Å². The SMILES string of the molecule is O=C(Cc1ccccn1)N1C[C@H]2CCC[C@@]2(COc2ccccn2)C1. The molecule has 3 heterocycles. The molecule has 1 saturated carbocycles. The number of amides is 1. The van der Waals surface area contributed by atoms with E-state index in [1.54, 1.807) is 12.4 Å². The monoisotopic (exact) mass is 337 g/mol. The highest BCUT2D eigenvalue weighted by Crippen LogP contribution is 2.48. The van der Waals surface area contributed by atoms with Crippen LogP contribution in [0.5, 0.6) is 5.88 Å². The lowest BCUT2D eigenvalue weighted by Gasteiger charge is -2.28. The van der Waals surface area contributed by atoms with E-state index in [2.05, 4.69) is 9.97 Å². The van der Waals surface area contributed by atoms with E-state index >= 15 is 0 Å². The third kappa shape index (κ3) is 3.36. The first kappa shape index (κ1) is 16.1. The zero-order valence-corrected chi connectivity index (χ0v) is 14.3. The van der Waals surface area contributed by atoms with Gasteiger partial charge in [-0.1, -0.05) is 18.6 Å². The molecule has 2 aliphatic rings. The molecule has 5 nitrogen and oxygen atoms in total. The molecule has 0 N–H and O–H groups in total. The minimum atomic E-state index is 0.0807. The van der Waals surface area contributed by atoms with Crippen LogP contribution >= 0.6 is 0 Å². The average Bonchev–Trinajstić information content (AvgIpc) is 3.19. The Morgan fingerprint density at radius 1 is 1.20 bits per heavy atom. The largest absolute Gasteiger partial charge is 0.477 e. The van der Waals surface area contributed by atoms with Gasteiger partial charge in [-0.25, -0.2) is 4.98 Å².